The third-order valence-electron chi connectivity index (χ3n) is 4.74. The van der Waals surface area contributed by atoms with Gasteiger partial charge >= 0.3 is 5.69 Å². The molecule has 0 spiro atoms. The Morgan fingerprint density at radius 2 is 1.73 bits per heavy atom. The number of aliphatic hydroxyl groups is 8. The lowest BCUT2D eigenvalue weighted by molar-refractivity contribution is -0.322. The second-order valence-electron chi connectivity index (χ2n) is 6.87. The Labute approximate surface area is 168 Å². The molecular formula is C16H26N2O12. The van der Waals surface area contributed by atoms with Crippen LogP contribution in [0.5, 0.6) is 0 Å². The van der Waals surface area contributed by atoms with E-state index in [-0.39, 0.29) is 0 Å². The molecule has 14 heteroatoms. The predicted molar refractivity (Wildman–Crippen MR) is 95.1 cm³/mol. The average Bonchev–Trinajstić information content (AvgIpc) is 2.72. The minimum Gasteiger partial charge on any atom is -0.394 e. The van der Waals surface area contributed by atoms with Gasteiger partial charge in [0.2, 0.25) is 0 Å². The smallest absolute Gasteiger partial charge is 0.328 e. The van der Waals surface area contributed by atoms with Crippen molar-refractivity contribution in [2.75, 3.05) is 13.2 Å². The topological polar surface area (TPSA) is 235 Å². The number of nitrogens with one attached hydrogen (secondary N) is 1. The highest BCUT2D eigenvalue weighted by atomic mass is 16.7. The first kappa shape index (κ1) is 24.5. The van der Waals surface area contributed by atoms with E-state index >= 15 is 0 Å². The van der Waals surface area contributed by atoms with Gasteiger partial charge in [-0.25, -0.2) is 4.79 Å². The van der Waals surface area contributed by atoms with E-state index in [1.54, 1.807) is 0 Å². The van der Waals surface area contributed by atoms with Gasteiger partial charge in [-0.05, 0) is 0 Å². The molecule has 1 aromatic rings. The van der Waals surface area contributed by atoms with Gasteiger partial charge in [-0.15, -0.1) is 0 Å². The molecule has 1 fully saturated rings. The molecule has 0 bridgehead atoms. The van der Waals surface area contributed by atoms with E-state index < -0.39 is 86.1 Å². The third kappa shape index (κ3) is 5.50. The van der Waals surface area contributed by atoms with Gasteiger partial charge in [0.05, 0.1) is 19.8 Å². The number of ether oxygens (including phenoxy) is 2. The molecule has 1 saturated heterocycles. The van der Waals surface area contributed by atoms with Gasteiger partial charge in [-0.2, -0.15) is 0 Å². The van der Waals surface area contributed by atoms with Crippen LogP contribution in [0.1, 0.15) is 0 Å². The molecule has 0 saturated carbocycles. The number of hydrogen-bond acceptors (Lipinski definition) is 12. The van der Waals surface area contributed by atoms with Crippen LogP contribution in [-0.2, 0) is 16.0 Å². The number of aromatic nitrogens is 2. The Morgan fingerprint density at radius 3 is 2.30 bits per heavy atom. The fraction of sp³-hybridized carbons (Fsp3) is 0.750. The first-order valence-corrected chi connectivity index (χ1v) is 9.01. The highest BCUT2D eigenvalue weighted by Crippen LogP contribution is 2.24. The van der Waals surface area contributed by atoms with Crippen molar-refractivity contribution in [2.45, 2.75) is 61.7 Å². The molecule has 0 aliphatic carbocycles. The zero-order chi connectivity index (χ0) is 22.6. The lowest BCUT2D eigenvalue weighted by atomic mass is 9.99. The van der Waals surface area contributed by atoms with Crippen LogP contribution >= 0.6 is 0 Å². The van der Waals surface area contributed by atoms with Gasteiger partial charge in [-0.1, -0.05) is 0 Å². The summed E-state index contributed by atoms with van der Waals surface area (Å²) in [5.41, 5.74) is -1.53. The quantitative estimate of drug-likeness (QED) is 0.175. The van der Waals surface area contributed by atoms with Crippen molar-refractivity contribution in [1.29, 1.82) is 0 Å². The number of nitrogens with zero attached hydrogens (tertiary/aromatic N) is 1. The first-order chi connectivity index (χ1) is 14.1. The van der Waals surface area contributed by atoms with Gasteiger partial charge in [0.15, 0.2) is 6.29 Å². The number of H-pyrrole nitrogens is 1. The highest BCUT2D eigenvalue weighted by Gasteiger charge is 2.46. The first-order valence-electron chi connectivity index (χ1n) is 9.01. The summed E-state index contributed by atoms with van der Waals surface area (Å²) in [7, 11) is 0. The molecular weight excluding hydrogens is 412 g/mol. The second kappa shape index (κ2) is 10.5. The van der Waals surface area contributed by atoms with E-state index in [2.05, 4.69) is 0 Å². The summed E-state index contributed by atoms with van der Waals surface area (Å²) in [5.74, 6) is 0. The van der Waals surface area contributed by atoms with Crippen LogP contribution in [0.4, 0.5) is 0 Å². The van der Waals surface area contributed by atoms with Crippen molar-refractivity contribution >= 4 is 0 Å². The van der Waals surface area contributed by atoms with Crippen LogP contribution in [0, 0.1) is 0 Å². The van der Waals surface area contributed by atoms with Crippen molar-refractivity contribution in [3.8, 4) is 0 Å². The van der Waals surface area contributed by atoms with Crippen molar-refractivity contribution in [2.24, 2.45) is 0 Å². The van der Waals surface area contributed by atoms with Crippen molar-refractivity contribution in [1.82, 2.24) is 9.55 Å². The Bertz CT molecular complexity index is 782. The van der Waals surface area contributed by atoms with E-state index in [0.29, 0.717) is 0 Å². The van der Waals surface area contributed by atoms with E-state index in [9.17, 15) is 45.3 Å². The van der Waals surface area contributed by atoms with Crippen LogP contribution in [0.2, 0.25) is 0 Å². The Kier molecular flexibility index (Phi) is 8.62. The molecule has 0 aromatic carbocycles. The van der Waals surface area contributed by atoms with Crippen LogP contribution in [0.15, 0.2) is 21.9 Å². The standard InChI is InChI=1S/C16H26N2O12/c19-4-7(29-15-14(27)13(26)12(25)8(5-20)30-15)11(24)10(23)6(21)3-18-2-1-9(22)17-16(18)28/h1-2,6-8,10-15,19-21,23-27H,3-5H2,(H,17,22,28)/t6-,7+,8-,10-,11-,12+,13+,14+,15+/m1/s1. The zero-order valence-electron chi connectivity index (χ0n) is 15.6. The maximum atomic E-state index is 11.7. The number of hydrogen-bond donors (Lipinski definition) is 9. The summed E-state index contributed by atoms with van der Waals surface area (Å²) in [6.45, 7) is -2.17. The summed E-state index contributed by atoms with van der Waals surface area (Å²) in [5, 5.41) is 78.6. The summed E-state index contributed by atoms with van der Waals surface area (Å²) in [4.78, 5) is 24.7. The Hall–Kier alpha value is -1.72. The molecule has 0 unspecified atom stereocenters. The fourth-order valence-electron chi connectivity index (χ4n) is 2.93. The number of aliphatic hydroxyl groups excluding tert-OH is 8. The Morgan fingerprint density at radius 1 is 1.07 bits per heavy atom. The number of aromatic amines is 1. The summed E-state index contributed by atoms with van der Waals surface area (Å²) in [6.07, 6.45) is -14.4. The monoisotopic (exact) mass is 438 g/mol. The lowest BCUT2D eigenvalue weighted by Crippen LogP contribution is -2.61. The lowest BCUT2D eigenvalue weighted by Gasteiger charge is -2.41. The van der Waals surface area contributed by atoms with Gasteiger partial charge in [0.1, 0.15) is 48.8 Å². The third-order valence-corrected chi connectivity index (χ3v) is 4.74. The maximum Gasteiger partial charge on any atom is 0.328 e. The van der Waals surface area contributed by atoms with Crippen molar-refractivity contribution in [3.05, 3.63) is 33.1 Å². The molecule has 0 radical (unpaired) electrons. The molecule has 9 N–H and O–H groups in total. The van der Waals surface area contributed by atoms with Crippen molar-refractivity contribution in [3.63, 3.8) is 0 Å². The predicted octanol–water partition coefficient (Wildman–Crippen LogP) is -6.20. The second-order valence-corrected chi connectivity index (χ2v) is 6.87. The summed E-state index contributed by atoms with van der Waals surface area (Å²) in [6, 6.07) is 1.01. The molecule has 30 heavy (non-hydrogen) atoms. The van der Waals surface area contributed by atoms with E-state index in [1.165, 1.54) is 0 Å². The largest absolute Gasteiger partial charge is 0.394 e. The normalized spacial score (nSPS) is 31.1. The van der Waals surface area contributed by atoms with Crippen LogP contribution in [-0.4, -0.2) is 119 Å². The van der Waals surface area contributed by atoms with E-state index in [0.717, 1.165) is 16.8 Å². The summed E-state index contributed by atoms with van der Waals surface area (Å²) < 4.78 is 11.2. The molecule has 0 amide bonds. The molecule has 1 aliphatic rings. The summed E-state index contributed by atoms with van der Waals surface area (Å²) >= 11 is 0. The minimum atomic E-state index is -1.95. The molecule has 172 valence electrons. The van der Waals surface area contributed by atoms with Crippen molar-refractivity contribution < 1.29 is 50.3 Å². The molecule has 9 atom stereocenters. The minimum absolute atomic E-state index is 0.522. The van der Waals surface area contributed by atoms with Gasteiger partial charge in [0, 0.05) is 12.3 Å². The van der Waals surface area contributed by atoms with Gasteiger partial charge in [-0.3, -0.25) is 14.3 Å². The van der Waals surface area contributed by atoms with Crippen LogP contribution < -0.4 is 11.2 Å². The number of rotatable bonds is 9. The fourth-order valence-corrected chi connectivity index (χ4v) is 2.93. The maximum absolute atomic E-state index is 11.7. The zero-order valence-corrected chi connectivity index (χ0v) is 15.6. The van der Waals surface area contributed by atoms with Gasteiger partial charge < -0.3 is 50.3 Å². The van der Waals surface area contributed by atoms with Gasteiger partial charge in [0.25, 0.3) is 5.56 Å². The molecule has 1 aromatic heterocycles. The van der Waals surface area contributed by atoms with E-state index in [4.69, 9.17) is 14.6 Å². The van der Waals surface area contributed by atoms with Crippen LogP contribution in [0.25, 0.3) is 0 Å². The molecule has 2 rings (SSSR count). The van der Waals surface area contributed by atoms with E-state index in [1.807, 2.05) is 4.98 Å². The molecule has 2 heterocycles. The SMILES string of the molecule is O=c1ccn(C[C@@H](O)[C@@H](O)[C@H](O)[C@H](CO)O[C@H]2O[C@H](CO)[C@H](O)[C@H](O)[C@@H]2O)c(=O)[nH]1. The van der Waals surface area contributed by atoms with Crippen LogP contribution in [0.3, 0.4) is 0 Å². The molecule has 1 aliphatic heterocycles. The Balaban J connectivity index is 2.05. The molecule has 14 nitrogen and oxygen atoms in total. The average molecular weight is 438 g/mol. The highest BCUT2D eigenvalue weighted by molar-refractivity contribution is 4.91.